The zero-order chi connectivity index (χ0) is 20.9. The van der Waals surface area contributed by atoms with E-state index >= 15 is 0 Å². The van der Waals surface area contributed by atoms with Gasteiger partial charge < -0.3 is 15.4 Å². The first kappa shape index (κ1) is 21.0. The van der Waals surface area contributed by atoms with Crippen LogP contribution >= 0.6 is 0 Å². The number of benzene rings is 2. The molecule has 0 atom stereocenters. The lowest BCUT2D eigenvalue weighted by Crippen LogP contribution is -2.27. The van der Waals surface area contributed by atoms with Gasteiger partial charge in [0.2, 0.25) is 0 Å². The van der Waals surface area contributed by atoms with E-state index in [1.807, 2.05) is 0 Å². The number of hydrogen-bond acceptors (Lipinski definition) is 4. The van der Waals surface area contributed by atoms with Crippen molar-refractivity contribution in [2.75, 3.05) is 17.7 Å². The van der Waals surface area contributed by atoms with Crippen molar-refractivity contribution in [1.29, 1.82) is 0 Å². The number of anilines is 2. The molecule has 0 saturated carbocycles. The molecule has 0 spiro atoms. The van der Waals surface area contributed by atoms with Gasteiger partial charge >= 0.3 is 6.09 Å². The second kappa shape index (κ2) is 8.56. The summed E-state index contributed by atoms with van der Waals surface area (Å²) in [5.41, 5.74) is 1.91. The van der Waals surface area contributed by atoms with Crippen LogP contribution in [0, 0.1) is 6.92 Å². The zero-order valence-electron chi connectivity index (χ0n) is 16.7. The molecule has 2 rings (SSSR count). The smallest absolute Gasteiger partial charge is 0.412 e. The molecule has 0 fully saturated rings. The quantitative estimate of drug-likeness (QED) is 0.745. The average Bonchev–Trinajstić information content (AvgIpc) is 2.60. The van der Waals surface area contributed by atoms with Gasteiger partial charge in [0.05, 0.1) is 11.3 Å². The van der Waals surface area contributed by atoms with E-state index in [-0.39, 0.29) is 11.8 Å². The molecule has 2 aromatic carbocycles. The van der Waals surface area contributed by atoms with Crippen molar-refractivity contribution >= 4 is 29.3 Å². The van der Waals surface area contributed by atoms with Crippen LogP contribution in [0.4, 0.5) is 16.2 Å². The van der Waals surface area contributed by atoms with E-state index < -0.39 is 11.7 Å². The van der Waals surface area contributed by atoms with Crippen LogP contribution in [0.2, 0.25) is 0 Å². The summed E-state index contributed by atoms with van der Waals surface area (Å²) in [4.78, 5) is 36.5. The van der Waals surface area contributed by atoms with Crippen molar-refractivity contribution < 1.29 is 19.1 Å². The summed E-state index contributed by atoms with van der Waals surface area (Å²) < 4.78 is 5.19. The summed E-state index contributed by atoms with van der Waals surface area (Å²) >= 11 is 0. The molecule has 3 N–H and O–H groups in total. The second-order valence-electron chi connectivity index (χ2n) is 7.23. The first-order chi connectivity index (χ1) is 13.1. The number of carbonyl (C=O) groups is 3. The Bertz CT molecular complexity index is 884. The predicted molar refractivity (Wildman–Crippen MR) is 109 cm³/mol. The van der Waals surface area contributed by atoms with Gasteiger partial charge in [-0.05, 0) is 63.6 Å². The minimum atomic E-state index is -0.597. The molecule has 7 heteroatoms. The number of ether oxygens (including phenoxy) is 1. The monoisotopic (exact) mass is 383 g/mol. The van der Waals surface area contributed by atoms with Gasteiger partial charge in [-0.2, -0.15) is 0 Å². The third kappa shape index (κ3) is 5.57. The second-order valence-corrected chi connectivity index (χ2v) is 7.23. The fourth-order valence-electron chi connectivity index (χ4n) is 2.52. The summed E-state index contributed by atoms with van der Waals surface area (Å²) in [6.45, 7) is 7.13. The van der Waals surface area contributed by atoms with Crippen molar-refractivity contribution in [3.05, 3.63) is 59.2 Å². The Morgan fingerprint density at radius 1 is 0.893 bits per heavy atom. The minimum absolute atomic E-state index is 0.273. The van der Waals surface area contributed by atoms with E-state index in [2.05, 4.69) is 16.0 Å². The van der Waals surface area contributed by atoms with E-state index in [9.17, 15) is 14.4 Å². The van der Waals surface area contributed by atoms with Gasteiger partial charge in [-0.25, -0.2) is 4.79 Å². The fourth-order valence-corrected chi connectivity index (χ4v) is 2.52. The Labute approximate surface area is 164 Å². The normalized spacial score (nSPS) is 10.8. The molecule has 148 valence electrons. The molecule has 0 heterocycles. The lowest BCUT2D eigenvalue weighted by atomic mass is 10.1. The van der Waals surface area contributed by atoms with Gasteiger partial charge in [-0.1, -0.05) is 12.1 Å². The largest absolute Gasteiger partial charge is 0.444 e. The Morgan fingerprint density at radius 3 is 2.11 bits per heavy atom. The molecule has 7 nitrogen and oxygen atoms in total. The highest BCUT2D eigenvalue weighted by atomic mass is 16.6. The van der Waals surface area contributed by atoms with Gasteiger partial charge in [0, 0.05) is 18.3 Å². The van der Waals surface area contributed by atoms with Crippen molar-refractivity contribution in [1.82, 2.24) is 5.32 Å². The van der Waals surface area contributed by atoms with Crippen LogP contribution in [0.3, 0.4) is 0 Å². The van der Waals surface area contributed by atoms with Gasteiger partial charge in [-0.15, -0.1) is 0 Å². The van der Waals surface area contributed by atoms with E-state index in [0.29, 0.717) is 22.5 Å². The Morgan fingerprint density at radius 2 is 1.54 bits per heavy atom. The molecule has 0 aliphatic carbocycles. The number of aryl methyl sites for hydroxylation is 1. The molecule has 0 aromatic heterocycles. The van der Waals surface area contributed by atoms with Crippen LogP contribution < -0.4 is 16.0 Å². The molecule has 3 amide bonds. The zero-order valence-corrected chi connectivity index (χ0v) is 16.7. The molecular weight excluding hydrogens is 358 g/mol. The predicted octanol–water partition coefficient (Wildman–Crippen LogP) is 3.95. The molecule has 0 aliphatic rings. The van der Waals surface area contributed by atoms with Crippen LogP contribution in [-0.4, -0.2) is 30.6 Å². The Kier molecular flexibility index (Phi) is 6.41. The van der Waals surface area contributed by atoms with Gasteiger partial charge in [0.15, 0.2) is 0 Å². The molecule has 0 aliphatic heterocycles. The van der Waals surface area contributed by atoms with Crippen LogP contribution in [-0.2, 0) is 4.74 Å². The molecule has 0 unspecified atom stereocenters. The minimum Gasteiger partial charge on any atom is -0.444 e. The van der Waals surface area contributed by atoms with Gasteiger partial charge in [0.25, 0.3) is 11.8 Å². The fraction of sp³-hybridized carbons (Fsp3) is 0.286. The van der Waals surface area contributed by atoms with Crippen molar-refractivity contribution in [3.8, 4) is 0 Å². The Balaban J connectivity index is 2.11. The number of amides is 3. The van der Waals surface area contributed by atoms with E-state index in [4.69, 9.17) is 4.74 Å². The van der Waals surface area contributed by atoms with Crippen molar-refractivity contribution in [2.45, 2.75) is 33.3 Å². The van der Waals surface area contributed by atoms with Gasteiger partial charge in [0.1, 0.15) is 5.60 Å². The first-order valence-electron chi connectivity index (χ1n) is 8.84. The lowest BCUT2D eigenvalue weighted by molar-refractivity contribution is 0.0635. The third-order valence-corrected chi connectivity index (χ3v) is 3.77. The molecule has 2 aromatic rings. The first-order valence-corrected chi connectivity index (χ1v) is 8.84. The van der Waals surface area contributed by atoms with Crippen LogP contribution in [0.25, 0.3) is 0 Å². The summed E-state index contributed by atoms with van der Waals surface area (Å²) in [7, 11) is 1.54. The van der Waals surface area contributed by atoms with Crippen LogP contribution in [0.15, 0.2) is 42.5 Å². The highest BCUT2D eigenvalue weighted by molar-refractivity contribution is 6.09. The lowest BCUT2D eigenvalue weighted by Gasteiger charge is -2.19. The summed E-state index contributed by atoms with van der Waals surface area (Å²) in [6.07, 6.45) is -0.570. The SMILES string of the molecule is CNC(=O)c1c(C)cccc1NC(=O)c1ccc(NC(=O)OC(C)(C)C)cc1. The highest BCUT2D eigenvalue weighted by Gasteiger charge is 2.17. The number of rotatable bonds is 4. The third-order valence-electron chi connectivity index (χ3n) is 3.77. The van der Waals surface area contributed by atoms with Crippen molar-refractivity contribution in [3.63, 3.8) is 0 Å². The average molecular weight is 383 g/mol. The van der Waals surface area contributed by atoms with Crippen LogP contribution in [0.1, 0.15) is 47.1 Å². The number of carbonyl (C=O) groups excluding carboxylic acids is 3. The van der Waals surface area contributed by atoms with E-state index in [1.54, 1.807) is 70.2 Å². The standard InChI is InChI=1S/C21H25N3O4/c1-13-7-6-8-16(17(13)19(26)22-5)24-18(25)14-9-11-15(12-10-14)23-20(27)28-21(2,3)4/h6-12H,1-5H3,(H,22,26)(H,23,27)(H,24,25). The van der Waals surface area contributed by atoms with Crippen LogP contribution in [0.5, 0.6) is 0 Å². The summed E-state index contributed by atoms with van der Waals surface area (Å²) in [5, 5.41) is 7.94. The van der Waals surface area contributed by atoms with E-state index in [1.165, 1.54) is 7.05 Å². The maximum absolute atomic E-state index is 12.6. The maximum atomic E-state index is 12.6. The topological polar surface area (TPSA) is 96.5 Å². The molecular formula is C21H25N3O4. The number of nitrogens with one attached hydrogen (secondary N) is 3. The van der Waals surface area contributed by atoms with E-state index in [0.717, 1.165) is 5.56 Å². The highest BCUT2D eigenvalue weighted by Crippen LogP contribution is 2.21. The number of hydrogen-bond donors (Lipinski definition) is 3. The van der Waals surface area contributed by atoms with Crippen molar-refractivity contribution in [2.24, 2.45) is 0 Å². The maximum Gasteiger partial charge on any atom is 0.412 e. The Hall–Kier alpha value is -3.35. The summed E-state index contributed by atoms with van der Waals surface area (Å²) in [5.74, 6) is -0.634. The molecule has 0 bridgehead atoms. The van der Waals surface area contributed by atoms with Gasteiger partial charge in [-0.3, -0.25) is 14.9 Å². The summed E-state index contributed by atoms with van der Waals surface area (Å²) in [6, 6.07) is 11.6. The molecule has 0 radical (unpaired) electrons. The molecule has 28 heavy (non-hydrogen) atoms. The molecule has 0 saturated heterocycles.